The Balaban J connectivity index is 1.98. The number of hydrogen-bond acceptors (Lipinski definition) is 5. The fourth-order valence-electron chi connectivity index (χ4n) is 2.45. The fraction of sp³-hybridized carbons (Fsp3) is 0.667. The van der Waals surface area contributed by atoms with E-state index in [1.54, 1.807) is 12.4 Å². The SMILES string of the molecule is CCC1CCCCN1Cc1cnc(NN)cn1. The molecule has 1 atom stereocenters. The summed E-state index contributed by atoms with van der Waals surface area (Å²) in [7, 11) is 0. The summed E-state index contributed by atoms with van der Waals surface area (Å²) in [5, 5.41) is 0. The number of piperidine rings is 1. The van der Waals surface area contributed by atoms with E-state index in [0.717, 1.165) is 12.2 Å². The molecule has 0 bridgehead atoms. The highest BCUT2D eigenvalue weighted by atomic mass is 15.3. The maximum Gasteiger partial charge on any atom is 0.158 e. The molecule has 3 N–H and O–H groups in total. The quantitative estimate of drug-likeness (QED) is 0.612. The number of likely N-dealkylation sites (tertiary alicyclic amines) is 1. The molecular weight excluding hydrogens is 214 g/mol. The van der Waals surface area contributed by atoms with Crippen LogP contribution in [0.4, 0.5) is 5.82 Å². The Morgan fingerprint density at radius 2 is 2.29 bits per heavy atom. The van der Waals surface area contributed by atoms with Gasteiger partial charge in [0, 0.05) is 12.6 Å². The van der Waals surface area contributed by atoms with Crippen molar-refractivity contribution in [2.75, 3.05) is 12.0 Å². The van der Waals surface area contributed by atoms with Crippen LogP contribution in [0, 0.1) is 0 Å². The van der Waals surface area contributed by atoms with Gasteiger partial charge in [0.05, 0.1) is 18.1 Å². The van der Waals surface area contributed by atoms with Crippen LogP contribution in [0.5, 0.6) is 0 Å². The van der Waals surface area contributed by atoms with Crippen LogP contribution in [0.15, 0.2) is 12.4 Å². The number of rotatable bonds is 4. The highest BCUT2D eigenvalue weighted by Crippen LogP contribution is 2.21. The molecule has 2 rings (SSSR count). The molecule has 1 saturated heterocycles. The van der Waals surface area contributed by atoms with E-state index >= 15 is 0 Å². The van der Waals surface area contributed by atoms with E-state index < -0.39 is 0 Å². The molecule has 17 heavy (non-hydrogen) atoms. The van der Waals surface area contributed by atoms with Gasteiger partial charge in [-0.15, -0.1) is 0 Å². The summed E-state index contributed by atoms with van der Waals surface area (Å²) >= 11 is 0. The second-order valence-corrected chi connectivity index (χ2v) is 4.57. The van der Waals surface area contributed by atoms with Gasteiger partial charge >= 0.3 is 0 Å². The van der Waals surface area contributed by atoms with E-state index in [1.165, 1.54) is 32.2 Å². The average molecular weight is 235 g/mol. The normalized spacial score (nSPS) is 21.4. The second kappa shape index (κ2) is 5.93. The average Bonchev–Trinajstić information content (AvgIpc) is 2.40. The molecule has 1 aromatic rings. The molecule has 5 nitrogen and oxygen atoms in total. The third-order valence-electron chi connectivity index (χ3n) is 3.44. The van der Waals surface area contributed by atoms with Crippen molar-refractivity contribution in [3.8, 4) is 0 Å². The zero-order chi connectivity index (χ0) is 12.1. The van der Waals surface area contributed by atoms with Crippen molar-refractivity contribution in [3.63, 3.8) is 0 Å². The Kier molecular flexibility index (Phi) is 4.28. The molecule has 94 valence electrons. The highest BCUT2D eigenvalue weighted by Gasteiger charge is 2.20. The van der Waals surface area contributed by atoms with Crippen LogP contribution >= 0.6 is 0 Å². The largest absolute Gasteiger partial charge is 0.307 e. The lowest BCUT2D eigenvalue weighted by Gasteiger charge is -2.34. The van der Waals surface area contributed by atoms with E-state index in [2.05, 4.69) is 27.2 Å². The third-order valence-corrected chi connectivity index (χ3v) is 3.44. The standard InChI is InChI=1S/C12H21N5/c1-2-11-5-3-4-6-17(11)9-10-7-15-12(16-13)8-14-10/h7-8,11H,2-6,9,13H2,1H3,(H,15,16). The fourth-order valence-corrected chi connectivity index (χ4v) is 2.45. The Morgan fingerprint density at radius 3 is 2.94 bits per heavy atom. The monoisotopic (exact) mass is 235 g/mol. The van der Waals surface area contributed by atoms with E-state index in [-0.39, 0.29) is 0 Å². The first-order valence-electron chi connectivity index (χ1n) is 6.35. The molecule has 1 fully saturated rings. The number of nitrogen functional groups attached to an aromatic ring is 1. The lowest BCUT2D eigenvalue weighted by molar-refractivity contribution is 0.134. The van der Waals surface area contributed by atoms with Crippen LogP contribution in [0.3, 0.4) is 0 Å². The number of anilines is 1. The second-order valence-electron chi connectivity index (χ2n) is 4.57. The van der Waals surface area contributed by atoms with Crippen molar-refractivity contribution in [1.29, 1.82) is 0 Å². The molecule has 0 spiro atoms. The molecular formula is C12H21N5. The van der Waals surface area contributed by atoms with Gasteiger partial charge in [-0.2, -0.15) is 0 Å². The molecule has 1 aliphatic heterocycles. The summed E-state index contributed by atoms with van der Waals surface area (Å²) in [4.78, 5) is 11.1. The van der Waals surface area contributed by atoms with Crippen LogP contribution in [0.25, 0.3) is 0 Å². The first kappa shape index (κ1) is 12.3. The van der Waals surface area contributed by atoms with Crippen molar-refractivity contribution in [1.82, 2.24) is 14.9 Å². The van der Waals surface area contributed by atoms with Gasteiger partial charge in [-0.1, -0.05) is 13.3 Å². The zero-order valence-corrected chi connectivity index (χ0v) is 10.4. The molecule has 1 aliphatic rings. The molecule has 0 radical (unpaired) electrons. The number of hydrogen-bond donors (Lipinski definition) is 2. The van der Waals surface area contributed by atoms with Crippen LogP contribution in [0.1, 0.15) is 38.3 Å². The Morgan fingerprint density at radius 1 is 1.41 bits per heavy atom. The van der Waals surface area contributed by atoms with Gasteiger partial charge in [0.2, 0.25) is 0 Å². The number of nitrogens with two attached hydrogens (primary N) is 1. The minimum Gasteiger partial charge on any atom is -0.307 e. The van der Waals surface area contributed by atoms with Gasteiger partial charge in [-0.05, 0) is 25.8 Å². The van der Waals surface area contributed by atoms with Crippen LogP contribution < -0.4 is 11.3 Å². The summed E-state index contributed by atoms with van der Waals surface area (Å²) in [6, 6.07) is 0.706. The Bertz CT molecular complexity index is 337. The number of aromatic nitrogens is 2. The first-order chi connectivity index (χ1) is 8.33. The van der Waals surface area contributed by atoms with Crippen molar-refractivity contribution >= 4 is 5.82 Å². The Labute approximate surface area is 102 Å². The van der Waals surface area contributed by atoms with Gasteiger partial charge in [0.25, 0.3) is 0 Å². The van der Waals surface area contributed by atoms with E-state index in [0.29, 0.717) is 11.9 Å². The van der Waals surface area contributed by atoms with E-state index in [4.69, 9.17) is 5.84 Å². The van der Waals surface area contributed by atoms with Crippen molar-refractivity contribution < 1.29 is 0 Å². The summed E-state index contributed by atoms with van der Waals surface area (Å²) in [6.45, 7) is 4.34. The topological polar surface area (TPSA) is 67.1 Å². The third kappa shape index (κ3) is 3.14. The first-order valence-corrected chi connectivity index (χ1v) is 6.35. The number of nitrogens with zero attached hydrogens (tertiary/aromatic N) is 3. The number of nitrogens with one attached hydrogen (secondary N) is 1. The maximum atomic E-state index is 5.26. The summed E-state index contributed by atoms with van der Waals surface area (Å²) in [6.07, 6.45) is 8.67. The molecule has 0 saturated carbocycles. The summed E-state index contributed by atoms with van der Waals surface area (Å²) < 4.78 is 0. The van der Waals surface area contributed by atoms with E-state index in [9.17, 15) is 0 Å². The van der Waals surface area contributed by atoms with Gasteiger partial charge in [-0.3, -0.25) is 9.88 Å². The Hall–Kier alpha value is -1.20. The van der Waals surface area contributed by atoms with Crippen molar-refractivity contribution in [2.45, 2.75) is 45.2 Å². The molecule has 1 aromatic heterocycles. The maximum absolute atomic E-state index is 5.26. The van der Waals surface area contributed by atoms with Crippen LogP contribution in [-0.4, -0.2) is 27.5 Å². The molecule has 0 aromatic carbocycles. The van der Waals surface area contributed by atoms with E-state index in [1.807, 2.05) is 0 Å². The number of hydrazine groups is 1. The van der Waals surface area contributed by atoms with Crippen LogP contribution in [0.2, 0.25) is 0 Å². The predicted octanol–water partition coefficient (Wildman–Crippen LogP) is 1.53. The predicted molar refractivity (Wildman–Crippen MR) is 68.2 cm³/mol. The minimum absolute atomic E-state index is 0.611. The van der Waals surface area contributed by atoms with Gasteiger partial charge in [-0.25, -0.2) is 10.8 Å². The summed E-state index contributed by atoms with van der Waals surface area (Å²) in [5.74, 6) is 5.88. The lowest BCUT2D eigenvalue weighted by atomic mass is 10.00. The molecule has 2 heterocycles. The van der Waals surface area contributed by atoms with Gasteiger partial charge < -0.3 is 5.43 Å². The zero-order valence-electron chi connectivity index (χ0n) is 10.4. The summed E-state index contributed by atoms with van der Waals surface area (Å²) in [5.41, 5.74) is 3.51. The molecule has 1 unspecified atom stereocenters. The highest BCUT2D eigenvalue weighted by molar-refractivity contribution is 5.28. The van der Waals surface area contributed by atoms with Crippen LogP contribution in [-0.2, 0) is 6.54 Å². The molecule has 0 amide bonds. The molecule has 5 heteroatoms. The van der Waals surface area contributed by atoms with Gasteiger partial charge in [0.15, 0.2) is 5.82 Å². The lowest BCUT2D eigenvalue weighted by Crippen LogP contribution is -2.38. The van der Waals surface area contributed by atoms with Crippen molar-refractivity contribution in [3.05, 3.63) is 18.1 Å². The van der Waals surface area contributed by atoms with Gasteiger partial charge in [0.1, 0.15) is 0 Å². The van der Waals surface area contributed by atoms with Crippen molar-refractivity contribution in [2.24, 2.45) is 5.84 Å². The minimum atomic E-state index is 0.611. The molecule has 0 aliphatic carbocycles. The smallest absolute Gasteiger partial charge is 0.158 e.